The standard InChI is InChI=1S/C6H11IO5/c7-5(11)1-3(9)6(12)4(10)2-8/h3-4,6,8-10,12H,1-2H2/t3-,4-,6+/m1/s1. The lowest BCUT2D eigenvalue weighted by Gasteiger charge is -2.19. The largest absolute Gasteiger partial charge is 0.394 e. The monoisotopic (exact) mass is 290 g/mol. The number of rotatable bonds is 5. The SMILES string of the molecule is O=C(I)C[C@@H](O)[C@H](O)[C@H](O)CO. The summed E-state index contributed by atoms with van der Waals surface area (Å²) < 4.78 is -0.315. The van der Waals surface area contributed by atoms with Crippen LogP contribution in [-0.2, 0) is 4.79 Å². The molecular formula is C6H11IO5. The lowest BCUT2D eigenvalue weighted by Crippen LogP contribution is -2.40. The van der Waals surface area contributed by atoms with Crippen LogP contribution in [0.4, 0.5) is 0 Å². The second-order valence-corrected chi connectivity index (χ2v) is 3.57. The molecule has 0 heterocycles. The Kier molecular flexibility index (Phi) is 5.93. The van der Waals surface area contributed by atoms with Gasteiger partial charge >= 0.3 is 0 Å². The Hall–Kier alpha value is 0.240. The Morgan fingerprint density at radius 2 is 1.75 bits per heavy atom. The summed E-state index contributed by atoms with van der Waals surface area (Å²) in [7, 11) is 0. The normalized spacial score (nSPS) is 18.4. The molecule has 12 heavy (non-hydrogen) atoms. The highest BCUT2D eigenvalue weighted by atomic mass is 127. The third-order valence-corrected chi connectivity index (χ3v) is 1.79. The second kappa shape index (κ2) is 5.81. The number of carbonyl (C=O) groups is 1. The van der Waals surface area contributed by atoms with Crippen molar-refractivity contribution in [3.63, 3.8) is 0 Å². The molecule has 0 aromatic rings. The molecule has 0 bridgehead atoms. The van der Waals surface area contributed by atoms with Gasteiger partial charge in [0.1, 0.15) is 12.2 Å². The first kappa shape index (κ1) is 12.2. The van der Waals surface area contributed by atoms with Gasteiger partial charge in [0.05, 0.1) is 12.7 Å². The molecule has 0 saturated carbocycles. The zero-order valence-electron chi connectivity index (χ0n) is 6.22. The topological polar surface area (TPSA) is 98.0 Å². The fourth-order valence-electron chi connectivity index (χ4n) is 0.650. The zero-order chi connectivity index (χ0) is 9.72. The van der Waals surface area contributed by atoms with Gasteiger partial charge in [-0.05, 0) is 22.6 Å². The summed E-state index contributed by atoms with van der Waals surface area (Å²) in [5.74, 6) is 0. The van der Waals surface area contributed by atoms with E-state index in [9.17, 15) is 4.79 Å². The van der Waals surface area contributed by atoms with E-state index in [2.05, 4.69) is 0 Å². The molecule has 0 spiro atoms. The van der Waals surface area contributed by atoms with Crippen molar-refractivity contribution in [3.05, 3.63) is 0 Å². The summed E-state index contributed by atoms with van der Waals surface area (Å²) >= 11 is 1.47. The van der Waals surface area contributed by atoms with E-state index in [1.165, 1.54) is 22.6 Å². The van der Waals surface area contributed by atoms with Crippen LogP contribution in [0.2, 0.25) is 0 Å². The molecule has 0 rings (SSSR count). The number of halogens is 1. The van der Waals surface area contributed by atoms with Crippen LogP contribution >= 0.6 is 22.6 Å². The summed E-state index contributed by atoms with van der Waals surface area (Å²) in [6.07, 6.45) is -4.44. The van der Waals surface area contributed by atoms with E-state index >= 15 is 0 Å². The first-order valence-corrected chi connectivity index (χ1v) is 4.40. The molecule has 0 aliphatic heterocycles. The highest BCUT2D eigenvalue weighted by Gasteiger charge is 2.25. The molecule has 0 saturated heterocycles. The average Bonchev–Trinajstić information content (AvgIpc) is 2.00. The first-order chi connectivity index (χ1) is 5.49. The molecule has 6 heteroatoms. The highest BCUT2D eigenvalue weighted by Crippen LogP contribution is 2.06. The molecule has 0 unspecified atom stereocenters. The molecule has 72 valence electrons. The highest BCUT2D eigenvalue weighted by molar-refractivity contribution is 14.1. The lowest BCUT2D eigenvalue weighted by atomic mass is 10.1. The van der Waals surface area contributed by atoms with Crippen molar-refractivity contribution in [2.24, 2.45) is 0 Å². The van der Waals surface area contributed by atoms with Crippen LogP contribution in [0.15, 0.2) is 0 Å². The van der Waals surface area contributed by atoms with Crippen LogP contribution in [0.5, 0.6) is 0 Å². The van der Waals surface area contributed by atoms with E-state index in [0.29, 0.717) is 0 Å². The van der Waals surface area contributed by atoms with Gasteiger partial charge in [-0.1, -0.05) is 0 Å². The van der Waals surface area contributed by atoms with E-state index in [-0.39, 0.29) is 10.2 Å². The molecule has 3 atom stereocenters. The van der Waals surface area contributed by atoms with Crippen molar-refractivity contribution < 1.29 is 25.2 Å². The predicted octanol–water partition coefficient (Wildman–Crippen LogP) is -1.59. The molecule has 4 N–H and O–H groups in total. The Bertz CT molecular complexity index is 151. The maximum Gasteiger partial charge on any atom is 0.195 e. The second-order valence-electron chi connectivity index (χ2n) is 2.37. The van der Waals surface area contributed by atoms with Crippen molar-refractivity contribution in [2.75, 3.05) is 6.61 Å². The van der Waals surface area contributed by atoms with Gasteiger partial charge in [-0.15, -0.1) is 0 Å². The van der Waals surface area contributed by atoms with Gasteiger partial charge in [0.25, 0.3) is 0 Å². The minimum absolute atomic E-state index is 0.237. The number of carbonyl (C=O) groups excluding carboxylic acids is 1. The lowest BCUT2D eigenvalue weighted by molar-refractivity contribution is -0.116. The number of hydrogen-bond donors (Lipinski definition) is 4. The molecule has 0 aromatic carbocycles. The van der Waals surface area contributed by atoms with Crippen molar-refractivity contribution >= 4 is 26.4 Å². The van der Waals surface area contributed by atoms with Crippen LogP contribution in [0.1, 0.15) is 6.42 Å². The Morgan fingerprint density at radius 3 is 2.08 bits per heavy atom. The summed E-state index contributed by atoms with van der Waals surface area (Å²) in [5.41, 5.74) is 0. The quantitative estimate of drug-likeness (QED) is 0.362. The van der Waals surface area contributed by atoms with Crippen LogP contribution in [0, 0.1) is 0 Å². The molecular weight excluding hydrogens is 279 g/mol. The van der Waals surface area contributed by atoms with Gasteiger partial charge in [0.2, 0.25) is 0 Å². The van der Waals surface area contributed by atoms with Crippen molar-refractivity contribution in [2.45, 2.75) is 24.7 Å². The van der Waals surface area contributed by atoms with E-state index in [1.54, 1.807) is 0 Å². The number of aliphatic hydroxyl groups excluding tert-OH is 4. The van der Waals surface area contributed by atoms with Gasteiger partial charge in [-0.25, -0.2) is 0 Å². The van der Waals surface area contributed by atoms with Crippen LogP contribution in [0.3, 0.4) is 0 Å². The number of hydrogen-bond acceptors (Lipinski definition) is 5. The van der Waals surface area contributed by atoms with Crippen molar-refractivity contribution in [3.8, 4) is 0 Å². The van der Waals surface area contributed by atoms with Gasteiger partial charge in [0, 0.05) is 6.42 Å². The minimum Gasteiger partial charge on any atom is -0.394 e. The molecule has 0 fully saturated rings. The third kappa shape index (κ3) is 4.31. The van der Waals surface area contributed by atoms with E-state index in [4.69, 9.17) is 20.4 Å². The Labute approximate surface area is 83.2 Å². The maximum absolute atomic E-state index is 10.4. The number of aliphatic hydroxyl groups is 4. The fourth-order valence-corrected chi connectivity index (χ4v) is 1.10. The zero-order valence-corrected chi connectivity index (χ0v) is 8.38. The summed E-state index contributed by atoms with van der Waals surface area (Å²) in [6.45, 7) is -0.645. The Balaban J connectivity index is 3.91. The molecule has 0 aliphatic rings. The predicted molar refractivity (Wildman–Crippen MR) is 48.8 cm³/mol. The summed E-state index contributed by atoms with van der Waals surface area (Å²) in [4.78, 5) is 10.4. The van der Waals surface area contributed by atoms with Crippen LogP contribution in [0.25, 0.3) is 0 Å². The molecule has 5 nitrogen and oxygen atoms in total. The van der Waals surface area contributed by atoms with Gasteiger partial charge < -0.3 is 20.4 Å². The van der Waals surface area contributed by atoms with E-state index in [1.807, 2.05) is 0 Å². The molecule has 0 radical (unpaired) electrons. The molecule has 0 aromatic heterocycles. The van der Waals surface area contributed by atoms with Gasteiger partial charge in [-0.2, -0.15) is 0 Å². The maximum atomic E-state index is 10.4. The van der Waals surface area contributed by atoms with Crippen LogP contribution in [-0.4, -0.2) is 49.1 Å². The molecule has 0 aliphatic carbocycles. The van der Waals surface area contributed by atoms with Gasteiger partial charge in [0.15, 0.2) is 3.79 Å². The van der Waals surface area contributed by atoms with E-state index in [0.717, 1.165) is 0 Å². The fraction of sp³-hybridized carbons (Fsp3) is 0.833. The summed E-state index contributed by atoms with van der Waals surface area (Å²) in [5, 5.41) is 35.3. The first-order valence-electron chi connectivity index (χ1n) is 3.32. The smallest absolute Gasteiger partial charge is 0.195 e. The van der Waals surface area contributed by atoms with Crippen molar-refractivity contribution in [1.29, 1.82) is 0 Å². The van der Waals surface area contributed by atoms with E-state index < -0.39 is 24.9 Å². The average molecular weight is 290 g/mol. The third-order valence-electron chi connectivity index (χ3n) is 1.35. The Morgan fingerprint density at radius 1 is 1.25 bits per heavy atom. The van der Waals surface area contributed by atoms with Crippen molar-refractivity contribution in [1.82, 2.24) is 0 Å². The summed E-state index contributed by atoms with van der Waals surface area (Å²) in [6, 6.07) is 0. The van der Waals surface area contributed by atoms with Crippen LogP contribution < -0.4 is 0 Å². The molecule has 0 amide bonds. The minimum atomic E-state index is -1.48. The van der Waals surface area contributed by atoms with Gasteiger partial charge in [-0.3, -0.25) is 4.79 Å².